The normalized spacial score (nSPS) is 23.5. The van der Waals surface area contributed by atoms with Crippen molar-refractivity contribution in [3.05, 3.63) is 74.6 Å². The summed E-state index contributed by atoms with van der Waals surface area (Å²) in [5.41, 5.74) is -1.13. The second kappa shape index (κ2) is 10.1. The van der Waals surface area contributed by atoms with Gasteiger partial charge in [0.15, 0.2) is 6.10 Å². The summed E-state index contributed by atoms with van der Waals surface area (Å²) in [4.78, 5) is 14.7. The first-order chi connectivity index (χ1) is 17.0. The van der Waals surface area contributed by atoms with Gasteiger partial charge in [-0.3, -0.25) is 0 Å². The van der Waals surface area contributed by atoms with E-state index >= 15 is 0 Å². The largest absolute Gasteiger partial charge is 0.493 e. The standard InChI is InChI=1S/C27H29N2O4S2/c28-18-20-6-8-22(9-7-20)32-15-3-12-29-13-10-21(11-14-29)23(19-29)33-26(30)27(31,24-4-1-16-34-24)25-5-2-17-35-25/h1-2,4-9,16-17,21,23,31H,3,10-15,19H2/q+1/t21?,23-,29?/m0/s1. The first kappa shape index (κ1) is 24.0. The molecular weight excluding hydrogens is 480 g/mol. The molecule has 3 aliphatic heterocycles. The summed E-state index contributed by atoms with van der Waals surface area (Å²) >= 11 is 2.74. The van der Waals surface area contributed by atoms with Crippen LogP contribution in [0.5, 0.6) is 5.75 Å². The quantitative estimate of drug-likeness (QED) is 0.260. The van der Waals surface area contributed by atoms with Gasteiger partial charge in [0.2, 0.25) is 5.60 Å². The zero-order valence-corrected chi connectivity index (χ0v) is 21.1. The number of thiophene rings is 2. The van der Waals surface area contributed by atoms with Gasteiger partial charge in [0.1, 0.15) is 12.3 Å². The van der Waals surface area contributed by atoms with Crippen LogP contribution in [0.3, 0.4) is 0 Å². The molecule has 5 heterocycles. The van der Waals surface area contributed by atoms with Gasteiger partial charge in [-0.2, -0.15) is 5.26 Å². The molecule has 0 amide bonds. The van der Waals surface area contributed by atoms with Gasteiger partial charge in [-0.05, 0) is 47.2 Å². The van der Waals surface area contributed by atoms with Gasteiger partial charge < -0.3 is 19.1 Å². The van der Waals surface area contributed by atoms with Crippen molar-refractivity contribution >= 4 is 28.6 Å². The lowest BCUT2D eigenvalue weighted by molar-refractivity contribution is -0.946. The number of esters is 1. The molecule has 1 N–H and O–H groups in total. The number of ether oxygens (including phenoxy) is 2. The monoisotopic (exact) mass is 509 g/mol. The Labute approximate surface area is 213 Å². The molecule has 0 radical (unpaired) electrons. The van der Waals surface area contributed by atoms with E-state index in [0.29, 0.717) is 27.8 Å². The van der Waals surface area contributed by atoms with Crippen LogP contribution in [0, 0.1) is 17.2 Å². The van der Waals surface area contributed by atoms with Crippen LogP contribution in [-0.2, 0) is 15.1 Å². The third-order valence-electron chi connectivity index (χ3n) is 7.38. The molecule has 6 rings (SSSR count). The molecule has 2 aromatic heterocycles. The van der Waals surface area contributed by atoms with Gasteiger partial charge in [-0.15, -0.1) is 22.7 Å². The highest BCUT2D eigenvalue weighted by molar-refractivity contribution is 7.12. The Kier molecular flexibility index (Phi) is 6.94. The Hall–Kier alpha value is -2.70. The fourth-order valence-corrected chi connectivity index (χ4v) is 7.11. The summed E-state index contributed by atoms with van der Waals surface area (Å²) in [6.07, 6.45) is 2.78. The van der Waals surface area contributed by atoms with Crippen molar-refractivity contribution in [2.45, 2.75) is 31.0 Å². The van der Waals surface area contributed by atoms with Crippen LogP contribution in [0.25, 0.3) is 0 Å². The zero-order valence-electron chi connectivity index (χ0n) is 19.5. The highest BCUT2D eigenvalue weighted by atomic mass is 32.1. The predicted octanol–water partition coefficient (Wildman–Crippen LogP) is 4.54. The van der Waals surface area contributed by atoms with E-state index in [9.17, 15) is 9.90 Å². The Morgan fingerprint density at radius 2 is 1.74 bits per heavy atom. The zero-order chi connectivity index (χ0) is 24.3. The number of hydrogen-bond acceptors (Lipinski definition) is 7. The van der Waals surface area contributed by atoms with E-state index in [-0.39, 0.29) is 6.10 Å². The molecule has 0 spiro atoms. The highest BCUT2D eigenvalue weighted by Gasteiger charge is 2.51. The molecule has 3 saturated heterocycles. The number of carbonyl (C=O) groups excluding carboxylic acids is 1. The molecule has 0 saturated carbocycles. The van der Waals surface area contributed by atoms with E-state index < -0.39 is 11.6 Å². The number of nitriles is 1. The van der Waals surface area contributed by atoms with Crippen LogP contribution in [0.15, 0.2) is 59.3 Å². The second-order valence-electron chi connectivity index (χ2n) is 9.48. The summed E-state index contributed by atoms with van der Waals surface area (Å²) in [7, 11) is 0. The number of benzene rings is 1. The van der Waals surface area contributed by atoms with Crippen LogP contribution in [0.1, 0.15) is 34.6 Å². The summed E-state index contributed by atoms with van der Waals surface area (Å²) in [5.74, 6) is 0.558. The van der Waals surface area contributed by atoms with Gasteiger partial charge in [-0.25, -0.2) is 4.79 Å². The molecule has 3 aliphatic rings. The van der Waals surface area contributed by atoms with Crippen LogP contribution in [-0.4, -0.2) is 54.4 Å². The SMILES string of the molecule is N#Cc1ccc(OCCC[N+]23CCC(CC2)[C@@H](OC(=O)C(O)(c2cccs2)c2cccs2)C3)cc1. The third kappa shape index (κ3) is 4.87. The van der Waals surface area contributed by atoms with E-state index in [2.05, 4.69) is 6.07 Å². The van der Waals surface area contributed by atoms with E-state index in [4.69, 9.17) is 14.7 Å². The van der Waals surface area contributed by atoms with Gasteiger partial charge in [-0.1, -0.05) is 12.1 Å². The van der Waals surface area contributed by atoms with E-state index in [1.54, 1.807) is 24.3 Å². The minimum Gasteiger partial charge on any atom is -0.493 e. The molecule has 2 bridgehead atoms. The average Bonchev–Trinajstić information content (AvgIpc) is 3.63. The number of aliphatic hydroxyl groups is 1. The van der Waals surface area contributed by atoms with Gasteiger partial charge in [0.25, 0.3) is 0 Å². The Morgan fingerprint density at radius 3 is 2.31 bits per heavy atom. The molecule has 6 nitrogen and oxygen atoms in total. The number of piperidine rings is 3. The third-order valence-corrected chi connectivity index (χ3v) is 9.34. The fraction of sp³-hybridized carbons (Fsp3) is 0.407. The van der Waals surface area contributed by atoms with Crippen molar-refractivity contribution in [3.63, 3.8) is 0 Å². The highest BCUT2D eigenvalue weighted by Crippen LogP contribution is 2.40. The topological polar surface area (TPSA) is 79.5 Å². The number of quaternary nitrogens is 1. The smallest absolute Gasteiger partial charge is 0.349 e. The Bertz CT molecular complexity index is 1130. The van der Waals surface area contributed by atoms with Crippen LogP contribution >= 0.6 is 22.7 Å². The first-order valence-corrected chi connectivity index (χ1v) is 13.8. The number of hydrogen-bond donors (Lipinski definition) is 1. The van der Waals surface area contributed by atoms with Crippen molar-refractivity contribution in [2.75, 3.05) is 32.8 Å². The molecule has 0 unspecified atom stereocenters. The maximum atomic E-state index is 13.5. The lowest BCUT2D eigenvalue weighted by atomic mass is 9.83. The number of fused-ring (bicyclic) bond motifs is 3. The molecule has 3 aromatic rings. The molecular formula is C27H29N2O4S2+. The first-order valence-electron chi connectivity index (χ1n) is 12.0. The summed E-state index contributed by atoms with van der Waals surface area (Å²) in [5, 5.41) is 24.3. The maximum Gasteiger partial charge on any atom is 0.349 e. The summed E-state index contributed by atoms with van der Waals surface area (Å²) in [6, 6.07) is 16.6. The molecule has 8 heteroatoms. The van der Waals surface area contributed by atoms with Gasteiger partial charge in [0.05, 0.1) is 47.6 Å². The molecule has 182 valence electrons. The summed E-state index contributed by atoms with van der Waals surface area (Å²) < 4.78 is 12.9. The predicted molar refractivity (Wildman–Crippen MR) is 135 cm³/mol. The average molecular weight is 510 g/mol. The van der Waals surface area contributed by atoms with E-state index in [0.717, 1.165) is 55.7 Å². The van der Waals surface area contributed by atoms with Crippen LogP contribution in [0.2, 0.25) is 0 Å². The van der Waals surface area contributed by atoms with Crippen LogP contribution in [0.4, 0.5) is 0 Å². The van der Waals surface area contributed by atoms with Crippen molar-refractivity contribution in [2.24, 2.45) is 5.92 Å². The number of rotatable bonds is 9. The molecule has 0 aliphatic carbocycles. The minimum absolute atomic E-state index is 0.184. The van der Waals surface area contributed by atoms with Crippen molar-refractivity contribution < 1.29 is 23.9 Å². The number of nitrogens with zero attached hydrogens (tertiary/aromatic N) is 2. The molecule has 1 aromatic carbocycles. The lowest BCUT2D eigenvalue weighted by Crippen LogP contribution is -2.65. The van der Waals surface area contributed by atoms with Crippen molar-refractivity contribution in [1.29, 1.82) is 5.26 Å². The minimum atomic E-state index is -1.76. The summed E-state index contributed by atoms with van der Waals surface area (Å²) in [6.45, 7) is 4.55. The van der Waals surface area contributed by atoms with Crippen LogP contribution < -0.4 is 4.74 Å². The van der Waals surface area contributed by atoms with Crippen molar-refractivity contribution in [3.8, 4) is 11.8 Å². The fourth-order valence-electron chi connectivity index (χ4n) is 5.40. The lowest BCUT2D eigenvalue weighted by Gasteiger charge is -2.52. The number of carbonyl (C=O) groups is 1. The van der Waals surface area contributed by atoms with E-state index in [1.165, 1.54) is 22.7 Å². The second-order valence-corrected chi connectivity index (χ2v) is 11.4. The molecule has 35 heavy (non-hydrogen) atoms. The maximum absolute atomic E-state index is 13.5. The Balaban J connectivity index is 1.21. The molecule has 1 atom stereocenters. The van der Waals surface area contributed by atoms with Crippen molar-refractivity contribution in [1.82, 2.24) is 0 Å². The van der Waals surface area contributed by atoms with Gasteiger partial charge >= 0.3 is 5.97 Å². The Morgan fingerprint density at radius 1 is 1.09 bits per heavy atom. The van der Waals surface area contributed by atoms with Gasteiger partial charge in [0, 0.05) is 25.2 Å². The van der Waals surface area contributed by atoms with E-state index in [1.807, 2.05) is 35.0 Å². The molecule has 3 fully saturated rings.